The number of ether oxygens (including phenoxy) is 1. The summed E-state index contributed by atoms with van der Waals surface area (Å²) in [7, 11) is 3.72. The van der Waals surface area contributed by atoms with Crippen LogP contribution in [0.15, 0.2) is 12.1 Å². The van der Waals surface area contributed by atoms with Gasteiger partial charge in [0, 0.05) is 12.1 Å². The second-order valence-electron chi connectivity index (χ2n) is 5.84. The van der Waals surface area contributed by atoms with E-state index in [4.69, 9.17) is 4.74 Å². The van der Waals surface area contributed by atoms with Crippen LogP contribution < -0.4 is 15.4 Å². The summed E-state index contributed by atoms with van der Waals surface area (Å²) in [4.78, 5) is 0. The zero-order valence-corrected chi connectivity index (χ0v) is 13.2. The molecule has 0 aliphatic heterocycles. The van der Waals surface area contributed by atoms with Crippen LogP contribution in [0.4, 0.5) is 0 Å². The first-order valence-electron chi connectivity index (χ1n) is 6.93. The molecule has 0 aliphatic carbocycles. The van der Waals surface area contributed by atoms with Crippen molar-refractivity contribution in [3.05, 3.63) is 28.8 Å². The van der Waals surface area contributed by atoms with E-state index in [0.717, 1.165) is 25.3 Å². The standard InChI is InChI=1S/C16H28N2O/c1-12-9-14(15(19-6)10-13(12)2)7-8-18-16(3,4)11-17-5/h9-10,17-18H,7-8,11H2,1-6H3. The van der Waals surface area contributed by atoms with Crippen LogP contribution in [0.2, 0.25) is 0 Å². The van der Waals surface area contributed by atoms with Gasteiger partial charge in [-0.2, -0.15) is 0 Å². The third-order valence-electron chi connectivity index (χ3n) is 3.51. The largest absolute Gasteiger partial charge is 0.496 e. The van der Waals surface area contributed by atoms with Gasteiger partial charge in [-0.05, 0) is 70.5 Å². The Balaban J connectivity index is 2.65. The molecule has 0 heterocycles. The lowest BCUT2D eigenvalue weighted by molar-refractivity contribution is 0.374. The fourth-order valence-electron chi connectivity index (χ4n) is 2.27. The highest BCUT2D eigenvalue weighted by Crippen LogP contribution is 2.23. The van der Waals surface area contributed by atoms with Crippen LogP contribution in [0.25, 0.3) is 0 Å². The molecule has 0 amide bonds. The van der Waals surface area contributed by atoms with Gasteiger partial charge in [-0.25, -0.2) is 0 Å². The predicted molar refractivity (Wildman–Crippen MR) is 82.2 cm³/mol. The highest BCUT2D eigenvalue weighted by Gasteiger charge is 2.15. The molecular formula is C16H28N2O. The van der Waals surface area contributed by atoms with Gasteiger partial charge in [-0.15, -0.1) is 0 Å². The fourth-order valence-corrected chi connectivity index (χ4v) is 2.27. The molecule has 0 atom stereocenters. The van der Waals surface area contributed by atoms with Gasteiger partial charge < -0.3 is 15.4 Å². The van der Waals surface area contributed by atoms with E-state index in [1.807, 2.05) is 7.05 Å². The Morgan fingerprint density at radius 3 is 2.37 bits per heavy atom. The van der Waals surface area contributed by atoms with E-state index < -0.39 is 0 Å². The summed E-state index contributed by atoms with van der Waals surface area (Å²) in [6.07, 6.45) is 0.984. The minimum atomic E-state index is 0.113. The van der Waals surface area contributed by atoms with E-state index in [1.54, 1.807) is 7.11 Å². The molecule has 0 radical (unpaired) electrons. The maximum atomic E-state index is 5.47. The molecule has 19 heavy (non-hydrogen) atoms. The highest BCUT2D eigenvalue weighted by atomic mass is 16.5. The molecule has 1 rings (SSSR count). The SMILES string of the molecule is CNCC(C)(C)NCCc1cc(C)c(C)cc1OC. The van der Waals surface area contributed by atoms with Crippen molar-refractivity contribution in [3.63, 3.8) is 0 Å². The molecule has 0 fully saturated rings. The van der Waals surface area contributed by atoms with Crippen molar-refractivity contribution in [2.75, 3.05) is 27.2 Å². The Hall–Kier alpha value is -1.06. The predicted octanol–water partition coefficient (Wildman–Crippen LogP) is 2.44. The van der Waals surface area contributed by atoms with E-state index in [-0.39, 0.29) is 5.54 Å². The van der Waals surface area contributed by atoms with Gasteiger partial charge >= 0.3 is 0 Å². The van der Waals surface area contributed by atoms with Crippen molar-refractivity contribution in [3.8, 4) is 5.75 Å². The first-order chi connectivity index (χ1) is 8.89. The summed E-state index contributed by atoms with van der Waals surface area (Å²) < 4.78 is 5.47. The summed E-state index contributed by atoms with van der Waals surface area (Å²) >= 11 is 0. The summed E-state index contributed by atoms with van der Waals surface area (Å²) in [6, 6.07) is 4.37. The maximum Gasteiger partial charge on any atom is 0.122 e. The number of benzene rings is 1. The zero-order chi connectivity index (χ0) is 14.5. The van der Waals surface area contributed by atoms with Crippen molar-refractivity contribution in [2.24, 2.45) is 0 Å². The van der Waals surface area contributed by atoms with Crippen LogP contribution in [0.3, 0.4) is 0 Å². The average molecular weight is 264 g/mol. The fraction of sp³-hybridized carbons (Fsp3) is 0.625. The van der Waals surface area contributed by atoms with Gasteiger partial charge in [-0.3, -0.25) is 0 Å². The Labute approximate surface area is 117 Å². The number of rotatable bonds is 7. The molecule has 0 spiro atoms. The number of aryl methyl sites for hydroxylation is 2. The number of hydrogen-bond acceptors (Lipinski definition) is 3. The van der Waals surface area contributed by atoms with Crippen molar-refractivity contribution in [1.82, 2.24) is 10.6 Å². The molecule has 2 N–H and O–H groups in total. The summed E-state index contributed by atoms with van der Waals surface area (Å²) in [5.74, 6) is 0.997. The monoisotopic (exact) mass is 264 g/mol. The van der Waals surface area contributed by atoms with Crippen LogP contribution in [0, 0.1) is 13.8 Å². The van der Waals surface area contributed by atoms with Crippen LogP contribution in [-0.4, -0.2) is 32.8 Å². The smallest absolute Gasteiger partial charge is 0.122 e. The molecule has 1 aromatic rings. The van der Waals surface area contributed by atoms with E-state index >= 15 is 0 Å². The second-order valence-corrected chi connectivity index (χ2v) is 5.84. The number of methoxy groups -OCH3 is 1. The first-order valence-corrected chi connectivity index (χ1v) is 6.93. The topological polar surface area (TPSA) is 33.3 Å². The lowest BCUT2D eigenvalue weighted by Crippen LogP contribution is -2.47. The third kappa shape index (κ3) is 4.84. The Kier molecular flexibility index (Phi) is 5.83. The average Bonchev–Trinajstić information content (AvgIpc) is 2.33. The zero-order valence-electron chi connectivity index (χ0n) is 13.2. The molecular weight excluding hydrogens is 236 g/mol. The van der Waals surface area contributed by atoms with E-state index in [1.165, 1.54) is 16.7 Å². The number of hydrogen-bond donors (Lipinski definition) is 2. The van der Waals surface area contributed by atoms with Gasteiger partial charge in [-0.1, -0.05) is 6.07 Å². The lowest BCUT2D eigenvalue weighted by atomic mass is 10.0. The van der Waals surface area contributed by atoms with Crippen molar-refractivity contribution in [1.29, 1.82) is 0 Å². The second kappa shape index (κ2) is 6.92. The summed E-state index contributed by atoms with van der Waals surface area (Å²) in [5, 5.41) is 6.78. The number of likely N-dealkylation sites (N-methyl/N-ethyl adjacent to an activating group) is 1. The van der Waals surface area contributed by atoms with Crippen LogP contribution >= 0.6 is 0 Å². The number of nitrogens with one attached hydrogen (secondary N) is 2. The summed E-state index contributed by atoms with van der Waals surface area (Å²) in [6.45, 7) is 10.6. The van der Waals surface area contributed by atoms with Crippen LogP contribution in [-0.2, 0) is 6.42 Å². The minimum Gasteiger partial charge on any atom is -0.496 e. The van der Waals surface area contributed by atoms with Crippen molar-refractivity contribution < 1.29 is 4.74 Å². The van der Waals surface area contributed by atoms with E-state index in [9.17, 15) is 0 Å². The maximum absolute atomic E-state index is 5.47. The summed E-state index contributed by atoms with van der Waals surface area (Å²) in [5.41, 5.74) is 3.99. The van der Waals surface area contributed by atoms with Crippen LogP contribution in [0.1, 0.15) is 30.5 Å². The molecule has 108 valence electrons. The molecule has 3 heteroatoms. The molecule has 0 saturated carbocycles. The van der Waals surface area contributed by atoms with Gasteiger partial charge in [0.25, 0.3) is 0 Å². The van der Waals surface area contributed by atoms with Gasteiger partial charge in [0.15, 0.2) is 0 Å². The molecule has 0 unspecified atom stereocenters. The highest BCUT2D eigenvalue weighted by molar-refractivity contribution is 5.41. The molecule has 0 aromatic heterocycles. The van der Waals surface area contributed by atoms with Gasteiger partial charge in [0.2, 0.25) is 0 Å². The first kappa shape index (κ1) is 16.0. The van der Waals surface area contributed by atoms with Crippen molar-refractivity contribution in [2.45, 2.75) is 39.7 Å². The minimum absolute atomic E-state index is 0.113. The normalized spacial score (nSPS) is 11.7. The van der Waals surface area contributed by atoms with Gasteiger partial charge in [0.05, 0.1) is 7.11 Å². The molecule has 3 nitrogen and oxygen atoms in total. The third-order valence-corrected chi connectivity index (χ3v) is 3.51. The Morgan fingerprint density at radius 1 is 1.16 bits per heavy atom. The molecule has 1 aromatic carbocycles. The Morgan fingerprint density at radius 2 is 1.79 bits per heavy atom. The van der Waals surface area contributed by atoms with E-state index in [2.05, 4.69) is 50.5 Å². The van der Waals surface area contributed by atoms with Gasteiger partial charge in [0.1, 0.15) is 5.75 Å². The van der Waals surface area contributed by atoms with Crippen LogP contribution in [0.5, 0.6) is 5.75 Å². The lowest BCUT2D eigenvalue weighted by Gasteiger charge is -2.26. The molecule has 0 bridgehead atoms. The Bertz CT molecular complexity index is 413. The molecule has 0 saturated heterocycles. The quantitative estimate of drug-likeness (QED) is 0.793. The molecule has 0 aliphatic rings. The van der Waals surface area contributed by atoms with E-state index in [0.29, 0.717) is 0 Å². The van der Waals surface area contributed by atoms with Crippen molar-refractivity contribution >= 4 is 0 Å².